The highest BCUT2D eigenvalue weighted by molar-refractivity contribution is 5.97. The van der Waals surface area contributed by atoms with Crippen molar-refractivity contribution in [1.29, 1.82) is 0 Å². The van der Waals surface area contributed by atoms with E-state index in [-0.39, 0.29) is 17.7 Å². The monoisotopic (exact) mass is 409 g/mol. The molecule has 1 fully saturated rings. The van der Waals surface area contributed by atoms with Crippen LogP contribution in [-0.4, -0.2) is 21.0 Å². The zero-order valence-electron chi connectivity index (χ0n) is 17.2. The predicted molar refractivity (Wildman–Crippen MR) is 114 cm³/mol. The maximum Gasteiger partial charge on any atom is 0.263 e. The smallest absolute Gasteiger partial charge is 0.263 e. The van der Waals surface area contributed by atoms with E-state index in [1.807, 2.05) is 16.9 Å². The van der Waals surface area contributed by atoms with E-state index in [4.69, 9.17) is 4.74 Å². The number of hydrogen-bond acceptors (Lipinski definition) is 2. The van der Waals surface area contributed by atoms with Crippen molar-refractivity contribution in [3.05, 3.63) is 59.9 Å². The molecule has 5 rings (SSSR count). The van der Waals surface area contributed by atoms with Gasteiger partial charge in [-0.05, 0) is 55.5 Å². The summed E-state index contributed by atoms with van der Waals surface area (Å²) in [6, 6.07) is 13.1. The number of fused-ring (bicyclic) bond motifs is 2. The zero-order chi connectivity index (χ0) is 20.8. The van der Waals surface area contributed by atoms with Crippen LogP contribution in [0.4, 0.5) is 8.78 Å². The molecule has 1 atom stereocenters. The summed E-state index contributed by atoms with van der Waals surface area (Å²) in [5, 5.41) is 6.70. The molecular formula is C24H25F2N3O. The molecule has 0 spiro atoms. The van der Waals surface area contributed by atoms with Crippen molar-refractivity contribution in [2.24, 2.45) is 0 Å². The molecule has 0 amide bonds. The topological polar surface area (TPSA) is 32.0 Å². The van der Waals surface area contributed by atoms with Gasteiger partial charge >= 0.3 is 0 Å². The van der Waals surface area contributed by atoms with Gasteiger partial charge < -0.3 is 9.30 Å². The second kappa shape index (κ2) is 7.51. The molecule has 1 unspecified atom stereocenters. The Morgan fingerprint density at radius 2 is 1.87 bits per heavy atom. The summed E-state index contributed by atoms with van der Waals surface area (Å²) in [5.74, 6) is 0.244. The van der Waals surface area contributed by atoms with Crippen LogP contribution in [-0.2, 0) is 4.74 Å². The number of ether oxygens (including phenoxy) is 1. The van der Waals surface area contributed by atoms with Crippen molar-refractivity contribution in [2.45, 2.75) is 51.7 Å². The Bertz CT molecular complexity index is 1200. The largest absolute Gasteiger partial charge is 0.356 e. The van der Waals surface area contributed by atoms with Crippen LogP contribution in [0.5, 0.6) is 0 Å². The second-order valence-corrected chi connectivity index (χ2v) is 8.34. The van der Waals surface area contributed by atoms with Crippen LogP contribution >= 0.6 is 0 Å². The van der Waals surface area contributed by atoms with Gasteiger partial charge in [0, 0.05) is 34.3 Å². The summed E-state index contributed by atoms with van der Waals surface area (Å²) in [7, 11) is 0. The number of hydrogen-bond donors (Lipinski definition) is 0. The van der Waals surface area contributed by atoms with E-state index in [1.165, 1.54) is 6.07 Å². The normalized spacial score (nSPS) is 17.6. The first-order chi connectivity index (χ1) is 14.5. The van der Waals surface area contributed by atoms with E-state index >= 15 is 0 Å². The first kappa shape index (κ1) is 19.2. The minimum atomic E-state index is -2.49. The molecule has 1 saturated heterocycles. The zero-order valence-corrected chi connectivity index (χ0v) is 17.2. The molecule has 4 aromatic rings. The van der Waals surface area contributed by atoms with E-state index < -0.39 is 6.43 Å². The van der Waals surface area contributed by atoms with Crippen molar-refractivity contribution >= 4 is 21.8 Å². The van der Waals surface area contributed by atoms with E-state index in [1.54, 1.807) is 12.1 Å². The number of alkyl halides is 2. The van der Waals surface area contributed by atoms with Crippen molar-refractivity contribution in [3.8, 4) is 5.69 Å². The highest BCUT2D eigenvalue weighted by Gasteiger charge is 2.21. The fourth-order valence-electron chi connectivity index (χ4n) is 4.43. The molecule has 0 saturated carbocycles. The van der Waals surface area contributed by atoms with Crippen LogP contribution in [0.15, 0.2) is 48.7 Å². The lowest BCUT2D eigenvalue weighted by Gasteiger charge is -2.23. The average Bonchev–Trinajstić information content (AvgIpc) is 3.33. The van der Waals surface area contributed by atoms with Gasteiger partial charge in [-0.25, -0.2) is 13.5 Å². The Kier molecular flexibility index (Phi) is 4.82. The van der Waals surface area contributed by atoms with Crippen molar-refractivity contribution in [1.82, 2.24) is 14.3 Å². The SMILES string of the molecule is CC(C)c1cc2cc3c(cnn3C3CCCCO3)cc2n1-c1cccc(C(F)F)c1. The summed E-state index contributed by atoms with van der Waals surface area (Å²) < 4.78 is 36.7. The molecule has 1 aliphatic rings. The van der Waals surface area contributed by atoms with Crippen LogP contribution in [0.25, 0.3) is 27.5 Å². The molecule has 30 heavy (non-hydrogen) atoms. The summed E-state index contributed by atoms with van der Waals surface area (Å²) >= 11 is 0. The fourth-order valence-corrected chi connectivity index (χ4v) is 4.43. The number of benzene rings is 2. The molecule has 0 N–H and O–H groups in total. The van der Waals surface area contributed by atoms with Gasteiger partial charge in [0.05, 0.1) is 17.2 Å². The molecule has 6 heteroatoms. The summed E-state index contributed by atoms with van der Waals surface area (Å²) in [6.45, 7) is 5.01. The van der Waals surface area contributed by atoms with Gasteiger partial charge in [-0.2, -0.15) is 5.10 Å². The molecule has 0 bridgehead atoms. The fraction of sp³-hybridized carbons (Fsp3) is 0.375. The maximum absolute atomic E-state index is 13.3. The van der Waals surface area contributed by atoms with E-state index in [9.17, 15) is 8.78 Å². The average molecular weight is 409 g/mol. The van der Waals surface area contributed by atoms with Gasteiger partial charge in [0.15, 0.2) is 6.23 Å². The molecule has 3 heterocycles. The highest BCUT2D eigenvalue weighted by atomic mass is 19.3. The first-order valence-electron chi connectivity index (χ1n) is 10.6. The number of nitrogens with zero attached hydrogens (tertiary/aromatic N) is 3. The Hall–Kier alpha value is -2.73. The Balaban J connectivity index is 1.70. The lowest BCUT2D eigenvalue weighted by molar-refractivity contribution is -0.0366. The molecule has 156 valence electrons. The van der Waals surface area contributed by atoms with Crippen molar-refractivity contribution in [3.63, 3.8) is 0 Å². The molecule has 0 aliphatic carbocycles. The molecule has 2 aromatic heterocycles. The summed E-state index contributed by atoms with van der Waals surface area (Å²) in [6.07, 6.45) is 2.56. The number of rotatable bonds is 4. The van der Waals surface area contributed by atoms with Crippen LogP contribution in [0.1, 0.15) is 62.9 Å². The molecule has 1 aliphatic heterocycles. The Morgan fingerprint density at radius 1 is 1.03 bits per heavy atom. The molecular weight excluding hydrogens is 384 g/mol. The highest BCUT2D eigenvalue weighted by Crippen LogP contribution is 2.34. The molecule has 0 radical (unpaired) electrons. The maximum atomic E-state index is 13.3. The van der Waals surface area contributed by atoms with Crippen molar-refractivity contribution < 1.29 is 13.5 Å². The summed E-state index contributed by atoms with van der Waals surface area (Å²) in [4.78, 5) is 0. The number of halogens is 2. The van der Waals surface area contributed by atoms with Gasteiger partial charge in [-0.1, -0.05) is 26.0 Å². The Labute approximate surface area is 174 Å². The van der Waals surface area contributed by atoms with Crippen LogP contribution in [0.3, 0.4) is 0 Å². The van der Waals surface area contributed by atoms with E-state index in [2.05, 4.69) is 41.7 Å². The van der Waals surface area contributed by atoms with Crippen LogP contribution < -0.4 is 0 Å². The van der Waals surface area contributed by atoms with Crippen LogP contribution in [0.2, 0.25) is 0 Å². The second-order valence-electron chi connectivity index (χ2n) is 8.34. The van der Waals surface area contributed by atoms with Crippen molar-refractivity contribution in [2.75, 3.05) is 6.61 Å². The predicted octanol–water partition coefficient (Wildman–Crippen LogP) is 6.74. The lowest BCUT2D eigenvalue weighted by atomic mass is 10.1. The molecule has 2 aromatic carbocycles. The first-order valence-corrected chi connectivity index (χ1v) is 10.6. The van der Waals surface area contributed by atoms with E-state index in [0.717, 1.165) is 59.1 Å². The Morgan fingerprint density at radius 3 is 2.60 bits per heavy atom. The lowest BCUT2D eigenvalue weighted by Crippen LogP contribution is -2.18. The van der Waals surface area contributed by atoms with Gasteiger partial charge in [-0.15, -0.1) is 0 Å². The van der Waals surface area contributed by atoms with Gasteiger partial charge in [0.1, 0.15) is 0 Å². The van der Waals surface area contributed by atoms with E-state index in [0.29, 0.717) is 0 Å². The number of aromatic nitrogens is 3. The van der Waals surface area contributed by atoms with Crippen LogP contribution in [0, 0.1) is 0 Å². The third-order valence-corrected chi connectivity index (χ3v) is 5.95. The van der Waals surface area contributed by atoms with Gasteiger partial charge in [0.2, 0.25) is 0 Å². The third-order valence-electron chi connectivity index (χ3n) is 5.95. The quantitative estimate of drug-likeness (QED) is 0.374. The van der Waals surface area contributed by atoms with Gasteiger partial charge in [0.25, 0.3) is 6.43 Å². The molecule has 4 nitrogen and oxygen atoms in total. The minimum absolute atomic E-state index is 0.0249. The standard InChI is InChI=1S/C24H25F2N3O/c1-15(2)20-11-17-12-22-18(14-27-29(22)23-8-3-4-9-30-23)13-21(17)28(20)19-7-5-6-16(10-19)24(25)26/h5-7,10-15,23-24H,3-4,8-9H2,1-2H3. The minimum Gasteiger partial charge on any atom is -0.356 e. The van der Waals surface area contributed by atoms with Gasteiger partial charge in [-0.3, -0.25) is 0 Å². The summed E-state index contributed by atoms with van der Waals surface area (Å²) in [5.41, 5.74) is 3.93. The third kappa shape index (κ3) is 3.19.